The summed E-state index contributed by atoms with van der Waals surface area (Å²) in [6.45, 7) is 2.23. The Morgan fingerprint density at radius 3 is 2.09 bits per heavy atom. The molecule has 3 heteroatoms. The lowest BCUT2D eigenvalue weighted by Crippen LogP contribution is -2.03. The van der Waals surface area contributed by atoms with Crippen LogP contribution >= 0.6 is 0 Å². The van der Waals surface area contributed by atoms with Gasteiger partial charge in [-0.2, -0.15) is 0 Å². The van der Waals surface area contributed by atoms with Crippen LogP contribution in [0.5, 0.6) is 0 Å². The molecule has 0 aromatic heterocycles. The Morgan fingerprint density at radius 1 is 0.909 bits per heavy atom. The zero-order valence-electron chi connectivity index (χ0n) is 13.3. The molecule has 22 heavy (non-hydrogen) atoms. The maximum atomic E-state index is 13.3. The molecule has 122 valence electrons. The summed E-state index contributed by atoms with van der Waals surface area (Å²) in [6, 6.07) is 2.38. The molecule has 0 spiro atoms. The van der Waals surface area contributed by atoms with Gasteiger partial charge in [-0.25, -0.2) is 13.2 Å². The largest absolute Gasteiger partial charge is 0.204 e. The van der Waals surface area contributed by atoms with Crippen LogP contribution in [0.2, 0.25) is 0 Å². The summed E-state index contributed by atoms with van der Waals surface area (Å²) in [5.74, 6) is -0.911. The van der Waals surface area contributed by atoms with Gasteiger partial charge in [-0.3, -0.25) is 0 Å². The van der Waals surface area contributed by atoms with Gasteiger partial charge in [0, 0.05) is 0 Å². The molecule has 2 saturated carbocycles. The fourth-order valence-corrected chi connectivity index (χ4v) is 4.47. The number of unbranched alkanes of at least 4 members (excludes halogenated alkanes) is 4. The van der Waals surface area contributed by atoms with Gasteiger partial charge in [0.2, 0.25) is 0 Å². The number of hydrogen-bond donors (Lipinski definition) is 0. The molecule has 0 radical (unpaired) electrons. The molecule has 2 fully saturated rings. The Labute approximate surface area is 131 Å². The fourth-order valence-electron chi connectivity index (χ4n) is 4.47. The van der Waals surface area contributed by atoms with Gasteiger partial charge < -0.3 is 0 Å². The zero-order chi connectivity index (χ0) is 15.7. The number of rotatable bonds is 7. The van der Waals surface area contributed by atoms with Gasteiger partial charge in [0.15, 0.2) is 17.5 Å². The Bertz CT molecular complexity index is 490. The topological polar surface area (TPSA) is 0 Å². The van der Waals surface area contributed by atoms with Crippen LogP contribution < -0.4 is 0 Å². The second kappa shape index (κ2) is 6.64. The van der Waals surface area contributed by atoms with Gasteiger partial charge in [0.25, 0.3) is 0 Å². The van der Waals surface area contributed by atoms with Gasteiger partial charge in [-0.1, -0.05) is 39.0 Å². The number of fused-ring (bicyclic) bond motifs is 1. The Morgan fingerprint density at radius 2 is 1.50 bits per heavy atom. The van der Waals surface area contributed by atoms with Crippen molar-refractivity contribution in [2.24, 2.45) is 17.8 Å². The molecule has 0 heterocycles. The first-order chi connectivity index (χ1) is 10.6. The van der Waals surface area contributed by atoms with Crippen LogP contribution in [0.1, 0.15) is 69.8 Å². The smallest absolute Gasteiger partial charge is 0.194 e. The van der Waals surface area contributed by atoms with Crippen LogP contribution in [0.15, 0.2) is 12.1 Å². The summed E-state index contributed by atoms with van der Waals surface area (Å²) >= 11 is 0. The summed E-state index contributed by atoms with van der Waals surface area (Å²) < 4.78 is 39.7. The van der Waals surface area contributed by atoms with Crippen molar-refractivity contribution >= 4 is 0 Å². The van der Waals surface area contributed by atoms with Crippen molar-refractivity contribution in [1.82, 2.24) is 0 Å². The van der Waals surface area contributed by atoms with Crippen molar-refractivity contribution < 1.29 is 13.2 Å². The van der Waals surface area contributed by atoms with E-state index in [1.54, 1.807) is 0 Å². The van der Waals surface area contributed by atoms with Crippen molar-refractivity contribution in [3.8, 4) is 0 Å². The summed E-state index contributed by atoms with van der Waals surface area (Å²) in [6.07, 6.45) is 9.98. The van der Waals surface area contributed by atoms with E-state index in [0.29, 0.717) is 5.56 Å². The van der Waals surface area contributed by atoms with Crippen LogP contribution in [0.3, 0.4) is 0 Å². The van der Waals surface area contributed by atoms with Crippen LogP contribution in [0.4, 0.5) is 13.2 Å². The lowest BCUT2D eigenvalue weighted by molar-refractivity contribution is 0.438. The van der Waals surface area contributed by atoms with Gasteiger partial charge in [0.05, 0.1) is 0 Å². The first-order valence-corrected chi connectivity index (χ1v) is 8.76. The molecule has 0 bridgehead atoms. The summed E-state index contributed by atoms with van der Waals surface area (Å²) in [4.78, 5) is 0. The minimum atomic E-state index is -1.35. The highest BCUT2D eigenvalue weighted by Gasteiger charge is 2.55. The molecule has 2 unspecified atom stereocenters. The second-order valence-corrected chi connectivity index (χ2v) is 7.16. The van der Waals surface area contributed by atoms with Crippen LogP contribution in [-0.4, -0.2) is 0 Å². The highest BCUT2D eigenvalue weighted by atomic mass is 19.2. The molecule has 1 aromatic carbocycles. The monoisotopic (exact) mass is 310 g/mol. The predicted molar refractivity (Wildman–Crippen MR) is 82.1 cm³/mol. The van der Waals surface area contributed by atoms with E-state index in [0.717, 1.165) is 30.6 Å². The minimum Gasteiger partial charge on any atom is -0.204 e. The normalized spacial score (nSPS) is 29.6. The third-order valence-corrected chi connectivity index (χ3v) is 5.74. The predicted octanol–water partition coefficient (Wildman–Crippen LogP) is 6.20. The molecule has 3 rings (SSSR count). The molecular weight excluding hydrogens is 285 g/mol. The third-order valence-electron chi connectivity index (χ3n) is 5.74. The van der Waals surface area contributed by atoms with Crippen molar-refractivity contribution in [2.45, 2.75) is 64.2 Å². The molecule has 1 aromatic rings. The SMILES string of the molecule is CCCCCCCC1[C@H]2CC(c3cc(F)c(F)c(F)c3)C[C@@H]12. The molecule has 2 aliphatic carbocycles. The van der Waals surface area contributed by atoms with Crippen LogP contribution in [-0.2, 0) is 0 Å². The van der Waals surface area contributed by atoms with Crippen molar-refractivity contribution in [3.05, 3.63) is 35.1 Å². The van der Waals surface area contributed by atoms with E-state index in [4.69, 9.17) is 0 Å². The summed E-state index contributed by atoms with van der Waals surface area (Å²) in [5.41, 5.74) is 0.644. The Balaban J connectivity index is 1.46. The average molecular weight is 310 g/mol. The summed E-state index contributed by atoms with van der Waals surface area (Å²) in [5, 5.41) is 0. The van der Waals surface area contributed by atoms with E-state index in [1.807, 2.05) is 0 Å². The highest BCUT2D eigenvalue weighted by molar-refractivity contribution is 5.26. The van der Waals surface area contributed by atoms with Crippen LogP contribution in [0, 0.1) is 35.2 Å². The molecule has 2 aliphatic rings. The van der Waals surface area contributed by atoms with E-state index in [2.05, 4.69) is 6.92 Å². The van der Waals surface area contributed by atoms with Crippen molar-refractivity contribution in [3.63, 3.8) is 0 Å². The van der Waals surface area contributed by atoms with Gasteiger partial charge in [-0.05, 0) is 60.6 Å². The first kappa shape index (κ1) is 15.9. The number of hydrogen-bond acceptors (Lipinski definition) is 0. The van der Waals surface area contributed by atoms with E-state index < -0.39 is 17.5 Å². The maximum Gasteiger partial charge on any atom is 0.194 e. The second-order valence-electron chi connectivity index (χ2n) is 7.16. The Hall–Kier alpha value is -0.990. The first-order valence-electron chi connectivity index (χ1n) is 8.76. The van der Waals surface area contributed by atoms with E-state index in [1.165, 1.54) is 50.7 Å². The highest BCUT2D eigenvalue weighted by Crippen LogP contribution is 2.63. The van der Waals surface area contributed by atoms with Gasteiger partial charge in [0.1, 0.15) is 0 Å². The van der Waals surface area contributed by atoms with Gasteiger partial charge >= 0.3 is 0 Å². The van der Waals surface area contributed by atoms with Crippen LogP contribution in [0.25, 0.3) is 0 Å². The molecule has 4 atom stereocenters. The lowest BCUT2D eigenvalue weighted by Gasteiger charge is -2.15. The minimum absolute atomic E-state index is 0.218. The third kappa shape index (κ3) is 3.18. The van der Waals surface area contributed by atoms with E-state index >= 15 is 0 Å². The Kier molecular flexibility index (Phi) is 4.79. The lowest BCUT2D eigenvalue weighted by atomic mass is 9.90. The van der Waals surface area contributed by atoms with Gasteiger partial charge in [-0.15, -0.1) is 0 Å². The fraction of sp³-hybridized carbons (Fsp3) is 0.684. The van der Waals surface area contributed by atoms with E-state index in [9.17, 15) is 13.2 Å². The van der Waals surface area contributed by atoms with E-state index in [-0.39, 0.29) is 5.92 Å². The number of benzene rings is 1. The van der Waals surface area contributed by atoms with Crippen molar-refractivity contribution in [1.29, 1.82) is 0 Å². The van der Waals surface area contributed by atoms with Crippen molar-refractivity contribution in [2.75, 3.05) is 0 Å². The molecule has 0 saturated heterocycles. The molecule has 0 nitrogen and oxygen atoms in total. The molecule has 0 amide bonds. The average Bonchev–Trinajstić information content (AvgIpc) is 2.94. The maximum absolute atomic E-state index is 13.3. The molecular formula is C19H25F3. The molecule has 0 aliphatic heterocycles. The zero-order valence-corrected chi connectivity index (χ0v) is 13.3. The quantitative estimate of drug-likeness (QED) is 0.415. The number of halogens is 3. The standard InChI is InChI=1S/C19H25F3/c1-2-3-4-5-6-7-14-15-8-12(9-16(14)15)13-10-17(20)19(22)18(21)11-13/h10-12,14-16H,2-9H2,1H3/t12?,14?,15-,16+. The molecule has 0 N–H and O–H groups in total. The summed E-state index contributed by atoms with van der Waals surface area (Å²) in [7, 11) is 0.